The first-order valence-electron chi connectivity index (χ1n) is 6.89. The predicted octanol–water partition coefficient (Wildman–Crippen LogP) is 2.13. The lowest BCUT2D eigenvalue weighted by atomic mass is 10.2. The van der Waals surface area contributed by atoms with Crippen molar-refractivity contribution in [3.05, 3.63) is 28.3 Å². The van der Waals surface area contributed by atoms with Crippen LogP contribution in [-0.4, -0.2) is 52.0 Å². The molecule has 0 heterocycles. The topological polar surface area (TPSA) is 76.9 Å². The van der Waals surface area contributed by atoms with Crippen molar-refractivity contribution in [2.75, 3.05) is 57.3 Å². The molecule has 0 amide bonds. The molecule has 0 atom stereocenters. The van der Waals surface area contributed by atoms with Gasteiger partial charge < -0.3 is 19.7 Å². The van der Waals surface area contributed by atoms with Gasteiger partial charge in [-0.2, -0.15) is 0 Å². The number of hydrogen-bond acceptors (Lipinski definition) is 6. The number of nitrogens with zero attached hydrogens (tertiary/aromatic N) is 2. The lowest BCUT2D eigenvalue weighted by Gasteiger charge is -2.24. The molecule has 118 valence electrons. The maximum absolute atomic E-state index is 11.4. The summed E-state index contributed by atoms with van der Waals surface area (Å²) in [6.07, 6.45) is 0. The second kappa shape index (κ2) is 9.15. The number of hydrogen-bond donors (Lipinski definition) is 1. The molecule has 0 fully saturated rings. The Balaban J connectivity index is 3.15. The summed E-state index contributed by atoms with van der Waals surface area (Å²) in [6.45, 7) is 4.65. The average molecular weight is 297 g/mol. The van der Waals surface area contributed by atoms with E-state index in [1.807, 2.05) is 17.9 Å². The maximum atomic E-state index is 11.4. The summed E-state index contributed by atoms with van der Waals surface area (Å²) in [5, 5.41) is 14.5. The zero-order valence-corrected chi connectivity index (χ0v) is 12.8. The van der Waals surface area contributed by atoms with Crippen molar-refractivity contribution >= 4 is 17.1 Å². The fourth-order valence-corrected chi connectivity index (χ4v) is 2.07. The second-order valence-electron chi connectivity index (χ2n) is 4.43. The van der Waals surface area contributed by atoms with Crippen molar-refractivity contribution in [2.45, 2.75) is 6.92 Å². The van der Waals surface area contributed by atoms with Crippen molar-refractivity contribution < 1.29 is 14.4 Å². The van der Waals surface area contributed by atoms with Gasteiger partial charge in [-0.15, -0.1) is 0 Å². The Kier molecular flexibility index (Phi) is 7.49. The summed E-state index contributed by atoms with van der Waals surface area (Å²) < 4.78 is 10.2. The zero-order chi connectivity index (χ0) is 15.7. The Morgan fingerprint density at radius 3 is 2.33 bits per heavy atom. The van der Waals surface area contributed by atoms with Gasteiger partial charge in [0.15, 0.2) is 0 Å². The van der Waals surface area contributed by atoms with Crippen LogP contribution in [0.25, 0.3) is 0 Å². The summed E-state index contributed by atoms with van der Waals surface area (Å²) in [7, 11) is 3.22. The smallest absolute Gasteiger partial charge is 0.315 e. The van der Waals surface area contributed by atoms with E-state index in [9.17, 15) is 10.1 Å². The number of anilines is 2. The van der Waals surface area contributed by atoms with Crippen LogP contribution in [0.2, 0.25) is 0 Å². The Labute approximate surface area is 125 Å². The Morgan fingerprint density at radius 2 is 1.86 bits per heavy atom. The molecule has 0 spiro atoms. The van der Waals surface area contributed by atoms with Crippen molar-refractivity contribution in [1.82, 2.24) is 0 Å². The third kappa shape index (κ3) is 4.87. The van der Waals surface area contributed by atoms with Crippen molar-refractivity contribution in [2.24, 2.45) is 0 Å². The van der Waals surface area contributed by atoms with E-state index in [0.29, 0.717) is 44.2 Å². The Hall–Kier alpha value is -1.86. The molecule has 0 saturated heterocycles. The standard InChI is InChI=1S/C14H23N3O4/c1-4-15-12-6-5-7-13(14(12)17(18)19)16(8-10-20-2)9-11-21-3/h5-7,15H,4,8-11H2,1-3H3. The molecule has 1 aromatic carbocycles. The molecular formula is C14H23N3O4. The molecule has 0 unspecified atom stereocenters. The minimum Gasteiger partial charge on any atom is -0.383 e. The maximum Gasteiger partial charge on any atom is 0.315 e. The third-order valence-electron chi connectivity index (χ3n) is 3.04. The zero-order valence-electron chi connectivity index (χ0n) is 12.8. The number of nitro benzene ring substituents is 1. The van der Waals surface area contributed by atoms with Crippen LogP contribution in [0.1, 0.15) is 6.92 Å². The van der Waals surface area contributed by atoms with Gasteiger partial charge >= 0.3 is 5.69 Å². The Bertz CT molecular complexity index is 446. The average Bonchev–Trinajstić information content (AvgIpc) is 2.47. The van der Waals surface area contributed by atoms with Crippen molar-refractivity contribution in [1.29, 1.82) is 0 Å². The summed E-state index contributed by atoms with van der Waals surface area (Å²) >= 11 is 0. The molecule has 0 aliphatic carbocycles. The molecular weight excluding hydrogens is 274 g/mol. The predicted molar refractivity (Wildman–Crippen MR) is 83.2 cm³/mol. The quantitative estimate of drug-likeness (QED) is 0.526. The molecule has 0 radical (unpaired) electrons. The first kappa shape index (κ1) is 17.2. The van der Waals surface area contributed by atoms with Crippen LogP contribution >= 0.6 is 0 Å². The summed E-state index contributed by atoms with van der Waals surface area (Å²) in [6, 6.07) is 5.28. The molecule has 1 rings (SSSR count). The van der Waals surface area contributed by atoms with Crippen LogP contribution in [0.3, 0.4) is 0 Å². The molecule has 0 saturated carbocycles. The lowest BCUT2D eigenvalue weighted by Crippen LogP contribution is -2.31. The minimum absolute atomic E-state index is 0.0894. The number of rotatable bonds is 10. The number of ether oxygens (including phenoxy) is 2. The molecule has 0 bridgehead atoms. The largest absolute Gasteiger partial charge is 0.383 e. The minimum atomic E-state index is -0.347. The van der Waals surface area contributed by atoms with E-state index in [2.05, 4.69) is 5.32 Å². The van der Waals surface area contributed by atoms with Gasteiger partial charge in [-0.1, -0.05) is 6.07 Å². The number of benzene rings is 1. The second-order valence-corrected chi connectivity index (χ2v) is 4.43. The number of para-hydroxylation sites is 1. The van der Waals surface area contributed by atoms with E-state index in [1.165, 1.54) is 0 Å². The van der Waals surface area contributed by atoms with Gasteiger partial charge in [-0.05, 0) is 19.1 Å². The van der Waals surface area contributed by atoms with Crippen LogP contribution < -0.4 is 10.2 Å². The van der Waals surface area contributed by atoms with E-state index < -0.39 is 0 Å². The highest BCUT2D eigenvalue weighted by Gasteiger charge is 2.23. The molecule has 1 aromatic rings. The highest BCUT2D eigenvalue weighted by molar-refractivity contribution is 5.77. The molecule has 7 nitrogen and oxygen atoms in total. The SMILES string of the molecule is CCNc1cccc(N(CCOC)CCOC)c1[N+](=O)[O-]. The van der Waals surface area contributed by atoms with Crippen LogP contribution in [0.4, 0.5) is 17.1 Å². The van der Waals surface area contributed by atoms with Gasteiger partial charge in [-0.25, -0.2) is 0 Å². The highest BCUT2D eigenvalue weighted by Crippen LogP contribution is 2.35. The summed E-state index contributed by atoms with van der Waals surface area (Å²) in [5.74, 6) is 0. The van der Waals surface area contributed by atoms with Gasteiger partial charge in [-0.3, -0.25) is 10.1 Å². The van der Waals surface area contributed by atoms with E-state index in [4.69, 9.17) is 9.47 Å². The number of nitrogens with one attached hydrogen (secondary N) is 1. The van der Waals surface area contributed by atoms with Crippen LogP contribution in [0.5, 0.6) is 0 Å². The molecule has 7 heteroatoms. The summed E-state index contributed by atoms with van der Waals surface area (Å²) in [4.78, 5) is 13.0. The van der Waals surface area contributed by atoms with Gasteiger partial charge in [0.2, 0.25) is 0 Å². The van der Waals surface area contributed by atoms with Crippen molar-refractivity contribution in [3.63, 3.8) is 0 Å². The fourth-order valence-electron chi connectivity index (χ4n) is 2.07. The van der Waals surface area contributed by atoms with Gasteiger partial charge in [0.05, 0.1) is 18.1 Å². The highest BCUT2D eigenvalue weighted by atomic mass is 16.6. The van der Waals surface area contributed by atoms with Gasteiger partial charge in [0.1, 0.15) is 11.4 Å². The molecule has 1 N–H and O–H groups in total. The molecule has 0 aromatic heterocycles. The third-order valence-corrected chi connectivity index (χ3v) is 3.04. The molecule has 0 aliphatic heterocycles. The number of methoxy groups -OCH3 is 2. The lowest BCUT2D eigenvalue weighted by molar-refractivity contribution is -0.383. The Morgan fingerprint density at radius 1 is 1.24 bits per heavy atom. The van der Waals surface area contributed by atoms with Crippen LogP contribution in [-0.2, 0) is 9.47 Å². The van der Waals surface area contributed by atoms with Crippen molar-refractivity contribution in [3.8, 4) is 0 Å². The van der Waals surface area contributed by atoms with Crippen LogP contribution in [0.15, 0.2) is 18.2 Å². The van der Waals surface area contributed by atoms with E-state index >= 15 is 0 Å². The normalized spacial score (nSPS) is 10.4. The first-order chi connectivity index (χ1) is 10.2. The van der Waals surface area contributed by atoms with Gasteiger partial charge in [0, 0.05) is 33.9 Å². The van der Waals surface area contributed by atoms with E-state index in [-0.39, 0.29) is 10.6 Å². The monoisotopic (exact) mass is 297 g/mol. The van der Waals surface area contributed by atoms with Gasteiger partial charge in [0.25, 0.3) is 0 Å². The fraction of sp³-hybridized carbons (Fsp3) is 0.571. The van der Waals surface area contributed by atoms with Crippen LogP contribution in [0, 0.1) is 10.1 Å². The first-order valence-corrected chi connectivity index (χ1v) is 6.89. The van der Waals surface area contributed by atoms with E-state index in [0.717, 1.165) is 0 Å². The van der Waals surface area contributed by atoms with E-state index in [1.54, 1.807) is 26.4 Å². The number of nitro groups is 1. The molecule has 21 heavy (non-hydrogen) atoms. The summed E-state index contributed by atoms with van der Waals surface area (Å²) in [5.41, 5.74) is 1.19. The molecule has 0 aliphatic rings.